The summed E-state index contributed by atoms with van der Waals surface area (Å²) in [7, 11) is -3.46. The minimum absolute atomic E-state index is 0.204. The van der Waals surface area contributed by atoms with Crippen molar-refractivity contribution >= 4 is 15.7 Å². The summed E-state index contributed by atoms with van der Waals surface area (Å²) in [6, 6.07) is 6.33. The van der Waals surface area contributed by atoms with Gasteiger partial charge in [-0.1, -0.05) is 18.6 Å². The molecule has 1 amide bonds. The zero-order valence-corrected chi connectivity index (χ0v) is 14.6. The first-order valence-electron chi connectivity index (χ1n) is 7.95. The Hall–Kier alpha value is -1.43. The first-order valence-corrected chi connectivity index (χ1v) is 9.56. The van der Waals surface area contributed by atoms with E-state index in [-0.39, 0.29) is 11.2 Å². The van der Waals surface area contributed by atoms with E-state index in [0.717, 1.165) is 24.8 Å². The summed E-state index contributed by atoms with van der Waals surface area (Å²) in [6.07, 6.45) is 2.86. The van der Waals surface area contributed by atoms with Crippen LogP contribution in [0.3, 0.4) is 0 Å². The number of sulfone groups is 1. The second-order valence-electron chi connectivity index (χ2n) is 6.64. The molecule has 1 fully saturated rings. The molecule has 6 heteroatoms. The first-order chi connectivity index (χ1) is 10.7. The van der Waals surface area contributed by atoms with Crippen molar-refractivity contribution < 1.29 is 17.6 Å². The van der Waals surface area contributed by atoms with Crippen LogP contribution >= 0.6 is 0 Å². The molecule has 1 aromatic rings. The van der Waals surface area contributed by atoms with Crippen molar-refractivity contribution in [3.63, 3.8) is 0 Å². The molecule has 1 aliphatic carbocycles. The van der Waals surface area contributed by atoms with Crippen LogP contribution in [0.15, 0.2) is 24.3 Å². The maximum Gasteiger partial charge on any atom is 0.238 e. The van der Waals surface area contributed by atoms with Crippen molar-refractivity contribution in [1.29, 1.82) is 0 Å². The Labute approximate surface area is 137 Å². The molecular formula is C17H24FNO3S. The van der Waals surface area contributed by atoms with Gasteiger partial charge < -0.3 is 5.32 Å². The minimum atomic E-state index is -3.46. The third kappa shape index (κ3) is 3.57. The molecule has 0 spiro atoms. The Balaban J connectivity index is 2.06. The molecule has 1 saturated carbocycles. The Morgan fingerprint density at radius 3 is 2.22 bits per heavy atom. The van der Waals surface area contributed by atoms with Crippen molar-refractivity contribution in [2.24, 2.45) is 0 Å². The Kier molecular flexibility index (Phi) is 5.14. The standard InChI is InChI=1S/C17H24FNO3S/c1-12(2)23(21,22)13(3)16(20)19-11-17(9-4-10-17)14-5-7-15(18)8-6-14/h5-8,12-13H,4,9-11H2,1-3H3,(H,19,20)/t13-/m0/s1. The van der Waals surface area contributed by atoms with Gasteiger partial charge in [0.1, 0.15) is 11.1 Å². The predicted molar refractivity (Wildman–Crippen MR) is 88.5 cm³/mol. The lowest BCUT2D eigenvalue weighted by molar-refractivity contribution is -0.120. The number of rotatable bonds is 6. The molecule has 0 unspecified atom stereocenters. The van der Waals surface area contributed by atoms with Crippen LogP contribution in [0.4, 0.5) is 4.39 Å². The highest BCUT2D eigenvalue weighted by Crippen LogP contribution is 2.43. The maximum atomic E-state index is 13.1. The second-order valence-corrected chi connectivity index (χ2v) is 9.47. The minimum Gasteiger partial charge on any atom is -0.354 e. The molecule has 1 aliphatic rings. The van der Waals surface area contributed by atoms with Gasteiger partial charge in [0.05, 0.1) is 5.25 Å². The second kappa shape index (κ2) is 6.59. The topological polar surface area (TPSA) is 63.2 Å². The van der Waals surface area contributed by atoms with Gasteiger partial charge in [-0.15, -0.1) is 0 Å². The van der Waals surface area contributed by atoms with Crippen LogP contribution in [0.2, 0.25) is 0 Å². The summed E-state index contributed by atoms with van der Waals surface area (Å²) in [5, 5.41) is 1.14. The Bertz CT molecular complexity index is 664. The molecule has 1 atom stereocenters. The summed E-state index contributed by atoms with van der Waals surface area (Å²) < 4.78 is 37.3. The highest BCUT2D eigenvalue weighted by Gasteiger charge is 2.40. The van der Waals surface area contributed by atoms with Crippen LogP contribution in [0.5, 0.6) is 0 Å². The molecule has 1 N–H and O–H groups in total. The molecule has 0 aliphatic heterocycles. The van der Waals surface area contributed by atoms with Gasteiger partial charge in [-0.05, 0) is 51.3 Å². The van der Waals surface area contributed by atoms with E-state index >= 15 is 0 Å². The summed E-state index contributed by atoms with van der Waals surface area (Å²) >= 11 is 0. The molecule has 0 saturated heterocycles. The van der Waals surface area contributed by atoms with Gasteiger partial charge in [-0.3, -0.25) is 4.79 Å². The van der Waals surface area contributed by atoms with E-state index in [1.807, 2.05) is 0 Å². The van der Waals surface area contributed by atoms with Crippen LogP contribution in [0.1, 0.15) is 45.6 Å². The van der Waals surface area contributed by atoms with Crippen molar-refractivity contribution in [2.75, 3.05) is 6.54 Å². The van der Waals surface area contributed by atoms with E-state index in [0.29, 0.717) is 6.54 Å². The van der Waals surface area contributed by atoms with E-state index < -0.39 is 26.2 Å². The Morgan fingerprint density at radius 2 is 1.78 bits per heavy atom. The Morgan fingerprint density at radius 1 is 1.22 bits per heavy atom. The van der Waals surface area contributed by atoms with Gasteiger partial charge in [0.25, 0.3) is 0 Å². The lowest BCUT2D eigenvalue weighted by Gasteiger charge is -2.42. The summed E-state index contributed by atoms with van der Waals surface area (Å²) in [4.78, 5) is 12.2. The summed E-state index contributed by atoms with van der Waals surface area (Å²) in [6.45, 7) is 4.96. The first kappa shape index (κ1) is 17.9. The molecule has 0 aromatic heterocycles. The molecule has 0 radical (unpaired) electrons. The van der Waals surface area contributed by atoms with E-state index in [9.17, 15) is 17.6 Å². The smallest absolute Gasteiger partial charge is 0.238 e. The lowest BCUT2D eigenvalue weighted by atomic mass is 9.64. The number of carbonyl (C=O) groups excluding carboxylic acids is 1. The van der Waals surface area contributed by atoms with Crippen LogP contribution in [-0.4, -0.2) is 31.4 Å². The van der Waals surface area contributed by atoms with Crippen LogP contribution < -0.4 is 5.32 Å². The summed E-state index contributed by atoms with van der Waals surface area (Å²) in [5.74, 6) is -0.754. The number of halogens is 1. The molecule has 23 heavy (non-hydrogen) atoms. The van der Waals surface area contributed by atoms with Crippen molar-refractivity contribution in [3.8, 4) is 0 Å². The zero-order valence-electron chi connectivity index (χ0n) is 13.8. The molecule has 128 valence electrons. The number of amides is 1. The van der Waals surface area contributed by atoms with E-state index in [2.05, 4.69) is 5.32 Å². The highest BCUT2D eigenvalue weighted by molar-refractivity contribution is 7.93. The molecule has 4 nitrogen and oxygen atoms in total. The molecular weight excluding hydrogens is 317 g/mol. The van der Waals surface area contributed by atoms with Gasteiger partial charge in [-0.2, -0.15) is 0 Å². The van der Waals surface area contributed by atoms with Crippen molar-refractivity contribution in [1.82, 2.24) is 5.32 Å². The quantitative estimate of drug-likeness (QED) is 0.865. The number of carbonyl (C=O) groups is 1. The average molecular weight is 341 g/mol. The van der Waals surface area contributed by atoms with E-state index in [1.165, 1.54) is 19.1 Å². The van der Waals surface area contributed by atoms with Gasteiger partial charge in [-0.25, -0.2) is 12.8 Å². The lowest BCUT2D eigenvalue weighted by Crippen LogP contribution is -2.49. The van der Waals surface area contributed by atoms with Crippen molar-refractivity contribution in [3.05, 3.63) is 35.6 Å². The maximum absolute atomic E-state index is 13.1. The van der Waals surface area contributed by atoms with E-state index in [4.69, 9.17) is 0 Å². The van der Waals surface area contributed by atoms with Crippen LogP contribution in [0, 0.1) is 5.82 Å². The molecule has 0 heterocycles. The van der Waals surface area contributed by atoms with E-state index in [1.54, 1.807) is 26.0 Å². The van der Waals surface area contributed by atoms with Gasteiger partial charge in [0, 0.05) is 12.0 Å². The fourth-order valence-electron chi connectivity index (χ4n) is 2.93. The highest BCUT2D eigenvalue weighted by atomic mass is 32.2. The predicted octanol–water partition coefficient (Wildman–Crippen LogP) is 2.58. The van der Waals surface area contributed by atoms with Gasteiger partial charge >= 0.3 is 0 Å². The number of hydrogen-bond acceptors (Lipinski definition) is 3. The largest absolute Gasteiger partial charge is 0.354 e. The van der Waals surface area contributed by atoms with Gasteiger partial charge in [0.15, 0.2) is 9.84 Å². The SMILES string of the molecule is CC(C)S(=O)(=O)[C@@H](C)C(=O)NCC1(c2ccc(F)cc2)CCC1. The van der Waals surface area contributed by atoms with Crippen molar-refractivity contribution in [2.45, 2.75) is 55.9 Å². The third-order valence-corrected chi connectivity index (χ3v) is 7.40. The number of nitrogens with one attached hydrogen (secondary N) is 1. The van der Waals surface area contributed by atoms with Gasteiger partial charge in [0.2, 0.25) is 5.91 Å². The van der Waals surface area contributed by atoms with Crippen LogP contribution in [0.25, 0.3) is 0 Å². The fraction of sp³-hybridized carbons (Fsp3) is 0.588. The molecule has 2 rings (SSSR count). The number of hydrogen-bond donors (Lipinski definition) is 1. The average Bonchev–Trinajstić information content (AvgIpc) is 2.46. The molecule has 1 aromatic carbocycles. The monoisotopic (exact) mass is 341 g/mol. The van der Waals surface area contributed by atoms with Crippen LogP contribution in [-0.2, 0) is 20.0 Å². The number of benzene rings is 1. The third-order valence-electron chi connectivity index (χ3n) is 4.89. The normalized spacial score (nSPS) is 18.3. The molecule has 0 bridgehead atoms. The summed E-state index contributed by atoms with van der Waals surface area (Å²) in [5.41, 5.74) is 0.787. The zero-order chi connectivity index (χ0) is 17.3. The fourth-order valence-corrected chi connectivity index (χ4v) is 4.13.